The van der Waals surface area contributed by atoms with Gasteiger partial charge in [0.05, 0.1) is 13.2 Å². The maximum Gasteiger partial charge on any atom is 0.267 e. The standard InChI is InChI=1S/C12H15NO4/c1-16-8-9-17-13-12(15)7-4-10-2-5-11(14)6-3-10/h2-7,14H,8-9H2,1H3,(H,13,15)/b7-4+. The van der Waals surface area contributed by atoms with Crippen LogP contribution in [0.2, 0.25) is 0 Å². The fraction of sp³-hybridized carbons (Fsp3) is 0.250. The fourth-order valence-corrected chi connectivity index (χ4v) is 1.04. The quantitative estimate of drug-likeness (QED) is 0.441. The van der Waals surface area contributed by atoms with Gasteiger partial charge < -0.3 is 9.84 Å². The predicted octanol–water partition coefficient (Wildman–Crippen LogP) is 1.10. The molecule has 0 aliphatic rings. The van der Waals surface area contributed by atoms with Crippen molar-refractivity contribution in [2.24, 2.45) is 0 Å². The molecule has 2 N–H and O–H groups in total. The lowest BCUT2D eigenvalue weighted by molar-refractivity contribution is -0.129. The topological polar surface area (TPSA) is 67.8 Å². The number of hydrogen-bond acceptors (Lipinski definition) is 4. The fourth-order valence-electron chi connectivity index (χ4n) is 1.04. The zero-order chi connectivity index (χ0) is 12.5. The molecule has 92 valence electrons. The summed E-state index contributed by atoms with van der Waals surface area (Å²) in [5, 5.41) is 9.07. The van der Waals surface area contributed by atoms with E-state index in [9.17, 15) is 4.79 Å². The summed E-state index contributed by atoms with van der Waals surface area (Å²) >= 11 is 0. The molecular weight excluding hydrogens is 222 g/mol. The van der Waals surface area contributed by atoms with Crippen molar-refractivity contribution in [1.82, 2.24) is 5.48 Å². The van der Waals surface area contributed by atoms with Gasteiger partial charge >= 0.3 is 0 Å². The molecule has 0 saturated carbocycles. The first-order valence-corrected chi connectivity index (χ1v) is 5.10. The molecule has 0 aliphatic carbocycles. The van der Waals surface area contributed by atoms with Gasteiger partial charge in [-0.05, 0) is 23.8 Å². The van der Waals surface area contributed by atoms with E-state index in [2.05, 4.69) is 5.48 Å². The van der Waals surface area contributed by atoms with Gasteiger partial charge in [-0.15, -0.1) is 0 Å². The number of rotatable bonds is 6. The lowest BCUT2D eigenvalue weighted by Crippen LogP contribution is -2.23. The molecule has 0 unspecified atom stereocenters. The molecule has 5 heteroatoms. The van der Waals surface area contributed by atoms with Crippen LogP contribution < -0.4 is 5.48 Å². The van der Waals surface area contributed by atoms with Crippen LogP contribution in [0.1, 0.15) is 5.56 Å². The van der Waals surface area contributed by atoms with Crippen molar-refractivity contribution in [3.63, 3.8) is 0 Å². The first-order chi connectivity index (χ1) is 8.22. The molecule has 1 aromatic rings. The van der Waals surface area contributed by atoms with Crippen LogP contribution in [0.15, 0.2) is 30.3 Å². The molecule has 0 radical (unpaired) electrons. The molecule has 0 aliphatic heterocycles. The van der Waals surface area contributed by atoms with Gasteiger partial charge in [0.15, 0.2) is 0 Å². The number of methoxy groups -OCH3 is 1. The van der Waals surface area contributed by atoms with Gasteiger partial charge in [0.25, 0.3) is 5.91 Å². The molecule has 0 saturated heterocycles. The Morgan fingerprint density at radius 2 is 2.06 bits per heavy atom. The average Bonchev–Trinajstić information content (AvgIpc) is 2.34. The number of nitrogens with one attached hydrogen (secondary N) is 1. The third kappa shape index (κ3) is 5.70. The van der Waals surface area contributed by atoms with E-state index < -0.39 is 0 Å². The van der Waals surface area contributed by atoms with Crippen molar-refractivity contribution in [2.45, 2.75) is 0 Å². The Labute approximate surface area is 99.6 Å². The summed E-state index contributed by atoms with van der Waals surface area (Å²) in [6.45, 7) is 0.719. The Morgan fingerprint density at radius 1 is 1.35 bits per heavy atom. The third-order valence-electron chi connectivity index (χ3n) is 1.88. The van der Waals surface area contributed by atoms with E-state index in [0.717, 1.165) is 5.56 Å². The average molecular weight is 237 g/mol. The number of carbonyl (C=O) groups excluding carboxylic acids is 1. The highest BCUT2D eigenvalue weighted by Gasteiger charge is 1.95. The maximum atomic E-state index is 11.2. The summed E-state index contributed by atoms with van der Waals surface area (Å²) in [5.74, 6) is -0.163. The Morgan fingerprint density at radius 3 is 2.71 bits per heavy atom. The van der Waals surface area contributed by atoms with Gasteiger partial charge in [-0.1, -0.05) is 12.1 Å². The maximum absolute atomic E-state index is 11.2. The Bertz CT molecular complexity index is 373. The zero-order valence-corrected chi connectivity index (χ0v) is 9.55. The molecule has 0 aromatic heterocycles. The molecule has 5 nitrogen and oxygen atoms in total. The minimum atomic E-state index is -0.353. The van der Waals surface area contributed by atoms with Crippen molar-refractivity contribution in [1.29, 1.82) is 0 Å². The van der Waals surface area contributed by atoms with Crippen molar-refractivity contribution in [3.8, 4) is 5.75 Å². The Balaban J connectivity index is 2.32. The van der Waals surface area contributed by atoms with E-state index in [4.69, 9.17) is 14.7 Å². The highest BCUT2D eigenvalue weighted by atomic mass is 16.7. The molecule has 17 heavy (non-hydrogen) atoms. The smallest absolute Gasteiger partial charge is 0.267 e. The second-order valence-corrected chi connectivity index (χ2v) is 3.23. The van der Waals surface area contributed by atoms with Gasteiger partial charge in [-0.2, -0.15) is 0 Å². The number of hydrogen-bond donors (Lipinski definition) is 2. The van der Waals surface area contributed by atoms with E-state index in [1.807, 2.05) is 0 Å². The van der Waals surface area contributed by atoms with E-state index in [0.29, 0.717) is 13.2 Å². The largest absolute Gasteiger partial charge is 0.508 e. The highest BCUT2D eigenvalue weighted by molar-refractivity contribution is 5.90. The minimum absolute atomic E-state index is 0.189. The molecule has 0 heterocycles. The normalized spacial score (nSPS) is 10.6. The zero-order valence-electron chi connectivity index (χ0n) is 9.55. The van der Waals surface area contributed by atoms with Crippen LogP contribution in [0.4, 0.5) is 0 Å². The van der Waals surface area contributed by atoms with Crippen LogP contribution in [0, 0.1) is 0 Å². The van der Waals surface area contributed by atoms with Crippen molar-refractivity contribution >= 4 is 12.0 Å². The molecule has 1 rings (SSSR count). The van der Waals surface area contributed by atoms with E-state index in [-0.39, 0.29) is 11.7 Å². The van der Waals surface area contributed by atoms with E-state index in [1.54, 1.807) is 37.5 Å². The monoisotopic (exact) mass is 237 g/mol. The van der Waals surface area contributed by atoms with Gasteiger partial charge in [0, 0.05) is 13.2 Å². The molecule has 1 amide bonds. The van der Waals surface area contributed by atoms with Crippen LogP contribution in [0.5, 0.6) is 5.75 Å². The summed E-state index contributed by atoms with van der Waals surface area (Å²) in [5.41, 5.74) is 3.06. The van der Waals surface area contributed by atoms with E-state index in [1.165, 1.54) is 6.08 Å². The van der Waals surface area contributed by atoms with Crippen molar-refractivity contribution in [2.75, 3.05) is 20.3 Å². The summed E-state index contributed by atoms with van der Waals surface area (Å²) in [6.07, 6.45) is 2.97. The van der Waals surface area contributed by atoms with E-state index >= 15 is 0 Å². The second kappa shape index (κ2) is 7.43. The molecule has 0 spiro atoms. The minimum Gasteiger partial charge on any atom is -0.508 e. The first-order valence-electron chi connectivity index (χ1n) is 5.10. The Kier molecular flexibility index (Phi) is 5.77. The van der Waals surface area contributed by atoms with Gasteiger partial charge in [0.1, 0.15) is 5.75 Å². The summed E-state index contributed by atoms with van der Waals surface area (Å²) < 4.78 is 4.75. The lowest BCUT2D eigenvalue weighted by Gasteiger charge is -2.01. The van der Waals surface area contributed by atoms with Crippen molar-refractivity contribution in [3.05, 3.63) is 35.9 Å². The highest BCUT2D eigenvalue weighted by Crippen LogP contribution is 2.10. The number of hydroxylamine groups is 1. The SMILES string of the molecule is COCCONC(=O)/C=C/c1ccc(O)cc1. The molecule has 0 fully saturated rings. The summed E-state index contributed by atoms with van der Waals surface area (Å²) in [7, 11) is 1.55. The van der Waals surface area contributed by atoms with Gasteiger partial charge in [0.2, 0.25) is 0 Å². The second-order valence-electron chi connectivity index (χ2n) is 3.23. The molecular formula is C12H15NO4. The van der Waals surface area contributed by atoms with Crippen LogP contribution in [-0.4, -0.2) is 31.3 Å². The molecule has 0 atom stereocenters. The Hall–Kier alpha value is -1.85. The van der Waals surface area contributed by atoms with Crippen LogP contribution in [0.3, 0.4) is 0 Å². The molecule has 1 aromatic carbocycles. The lowest BCUT2D eigenvalue weighted by atomic mass is 10.2. The number of phenols is 1. The number of carbonyl (C=O) groups is 1. The number of amides is 1. The van der Waals surface area contributed by atoms with Gasteiger partial charge in [-0.3, -0.25) is 9.63 Å². The number of ether oxygens (including phenoxy) is 1. The van der Waals surface area contributed by atoms with Crippen molar-refractivity contribution < 1.29 is 19.5 Å². The third-order valence-corrected chi connectivity index (χ3v) is 1.88. The number of phenolic OH excluding ortho intramolecular Hbond substituents is 1. The number of aromatic hydroxyl groups is 1. The summed E-state index contributed by atoms with van der Waals surface area (Å²) in [4.78, 5) is 16.1. The first kappa shape index (κ1) is 13.2. The van der Waals surface area contributed by atoms with Gasteiger partial charge in [-0.25, -0.2) is 5.48 Å². The number of benzene rings is 1. The van der Waals surface area contributed by atoms with Crippen LogP contribution in [-0.2, 0) is 14.4 Å². The molecule has 0 bridgehead atoms. The summed E-state index contributed by atoms with van der Waals surface area (Å²) in [6, 6.07) is 6.50. The van der Waals surface area contributed by atoms with Crippen LogP contribution >= 0.6 is 0 Å². The predicted molar refractivity (Wildman–Crippen MR) is 63.1 cm³/mol. The van der Waals surface area contributed by atoms with Crippen LogP contribution in [0.25, 0.3) is 6.08 Å².